The Morgan fingerprint density at radius 3 is 2.07 bits per heavy atom. The molecule has 0 saturated heterocycles. The fraction of sp³-hybridized carbons (Fsp3) is 0.370. The van der Waals surface area contributed by atoms with Crippen molar-refractivity contribution in [2.24, 2.45) is 0 Å². The molecule has 12 nitrogen and oxygen atoms in total. The van der Waals surface area contributed by atoms with E-state index in [4.69, 9.17) is 23.4 Å². The van der Waals surface area contributed by atoms with Gasteiger partial charge < -0.3 is 14.6 Å². The number of phosphoric ester groups is 1. The number of phosphoric acid groups is 1. The van der Waals surface area contributed by atoms with Gasteiger partial charge in [-0.3, -0.25) is 13.9 Å². The van der Waals surface area contributed by atoms with Gasteiger partial charge in [-0.05, 0) is 106 Å². The molecule has 1 aromatic heterocycles. The van der Waals surface area contributed by atoms with E-state index < -0.39 is 78.6 Å². The smallest absolute Gasteiger partial charge is 0.444 e. The van der Waals surface area contributed by atoms with Gasteiger partial charge in [-0.15, -0.1) is 0 Å². The summed E-state index contributed by atoms with van der Waals surface area (Å²) in [7, 11) is -4.42. The molecule has 67 heavy (non-hydrogen) atoms. The summed E-state index contributed by atoms with van der Waals surface area (Å²) in [5.41, 5.74) is 0.618. The molecule has 0 radical (unpaired) electrons. The monoisotopic (exact) mass is 965 g/mol. The quantitative estimate of drug-likeness (QED) is 0.0777. The van der Waals surface area contributed by atoms with Gasteiger partial charge >= 0.3 is 32.3 Å². The van der Waals surface area contributed by atoms with Crippen LogP contribution in [0.3, 0.4) is 0 Å². The van der Waals surface area contributed by atoms with Crippen molar-refractivity contribution in [3.8, 4) is 22.7 Å². The molecule has 2 N–H and O–H groups in total. The van der Waals surface area contributed by atoms with Crippen molar-refractivity contribution in [1.82, 2.24) is 20.0 Å². The first-order valence-electron chi connectivity index (χ1n) is 21.1. The number of ether oxygens (including phenoxy) is 1. The Kier molecular flexibility index (Phi) is 14.9. The van der Waals surface area contributed by atoms with Crippen LogP contribution in [0, 0.1) is 18.6 Å². The highest BCUT2D eigenvalue weighted by molar-refractivity contribution is 7.48. The Labute approximate surface area is 381 Å². The number of amides is 3. The van der Waals surface area contributed by atoms with Crippen molar-refractivity contribution in [3.63, 3.8) is 0 Å². The largest absolute Gasteiger partial charge is 0.530 e. The maximum absolute atomic E-state index is 16.6. The van der Waals surface area contributed by atoms with Gasteiger partial charge in [0.25, 0.3) is 0 Å². The second kappa shape index (κ2) is 19.8. The van der Waals surface area contributed by atoms with E-state index in [0.29, 0.717) is 53.0 Å². The summed E-state index contributed by atoms with van der Waals surface area (Å²) in [6, 6.07) is 11.9. The molecule has 5 aromatic rings. The van der Waals surface area contributed by atoms with Gasteiger partial charge in [-0.1, -0.05) is 44.2 Å². The third-order valence-electron chi connectivity index (χ3n) is 11.2. The molecule has 0 spiro atoms. The number of hydrogen-bond donors (Lipinski definition) is 2. The molecule has 0 aliphatic carbocycles. The summed E-state index contributed by atoms with van der Waals surface area (Å²) in [5.74, 6) is -2.99. The van der Waals surface area contributed by atoms with E-state index in [1.54, 1.807) is 16.9 Å². The average molecular weight is 966 g/mol. The topological polar surface area (TPSA) is 133 Å². The highest BCUT2D eigenvalue weighted by atomic mass is 31.2. The number of nitrogens with one attached hydrogen (secondary N) is 2. The maximum atomic E-state index is 16.6. The number of halogens is 8. The summed E-state index contributed by atoms with van der Waals surface area (Å²) < 4.78 is 149. The molecular weight excluding hydrogens is 917 g/mol. The van der Waals surface area contributed by atoms with Gasteiger partial charge in [-0.25, -0.2) is 32.9 Å². The van der Waals surface area contributed by atoms with Gasteiger partial charge in [0.1, 0.15) is 24.0 Å². The van der Waals surface area contributed by atoms with E-state index in [1.807, 2.05) is 50.8 Å². The number of aromatic nitrogens is 2. The standard InChI is InChI=1S/C46H48F8N5O7P/c1-8-28-13-12-14-29(9-2)39(28)59-40(33-24-58(44(6,7)41(33)57-59)23-30-16-17-31(19-26(30)5)45(49,50)51)32-21-36(48)37(22-35(32)47)55-42(60)56-43(61)63-25-27-15-18-38(34(20-27)46(52,53)54)66-67(62,64-10-3)65-11-4/h12-22H,8-11,23-25H2,1-7H3,(H2,55,56,60,61). The molecule has 21 heteroatoms. The zero-order valence-corrected chi connectivity index (χ0v) is 38.4. The Morgan fingerprint density at radius 2 is 1.49 bits per heavy atom. The van der Waals surface area contributed by atoms with E-state index in [-0.39, 0.29) is 43.1 Å². The highest BCUT2D eigenvalue weighted by Crippen LogP contribution is 2.52. The number of alkyl carbamates (subject to hydrolysis) is 1. The van der Waals surface area contributed by atoms with Crippen LogP contribution in [0.2, 0.25) is 0 Å². The van der Waals surface area contributed by atoms with E-state index in [9.17, 15) is 40.5 Å². The second-order valence-corrected chi connectivity index (χ2v) is 17.5. The Hall–Kier alpha value is -5.82. The zero-order valence-electron chi connectivity index (χ0n) is 37.5. The number of nitrogens with zero attached hydrogens (tertiary/aromatic N) is 3. The lowest BCUT2D eigenvalue weighted by molar-refractivity contribution is -0.139. The van der Waals surface area contributed by atoms with Crippen LogP contribution in [0.5, 0.6) is 5.75 Å². The van der Waals surface area contributed by atoms with E-state index >= 15 is 8.78 Å². The van der Waals surface area contributed by atoms with Crippen LogP contribution < -0.4 is 15.2 Å². The lowest BCUT2D eigenvalue weighted by Gasteiger charge is -2.32. The number of fused-ring (bicyclic) bond motifs is 1. The van der Waals surface area contributed by atoms with Crippen LogP contribution in [-0.4, -0.2) is 40.0 Å². The molecule has 360 valence electrons. The van der Waals surface area contributed by atoms with Gasteiger partial charge in [0.05, 0.1) is 52.6 Å². The van der Waals surface area contributed by atoms with E-state index in [1.165, 1.54) is 19.9 Å². The van der Waals surface area contributed by atoms with Crippen molar-refractivity contribution in [3.05, 3.63) is 129 Å². The van der Waals surface area contributed by atoms with Crippen LogP contribution in [-0.2, 0) is 68.8 Å². The zero-order chi connectivity index (χ0) is 49.2. The van der Waals surface area contributed by atoms with Crippen molar-refractivity contribution < 1.29 is 67.6 Å². The maximum Gasteiger partial charge on any atom is 0.530 e. The molecular formula is C46H48F8N5O7P. The predicted molar refractivity (Wildman–Crippen MR) is 231 cm³/mol. The third-order valence-corrected chi connectivity index (χ3v) is 12.8. The molecule has 1 aliphatic rings. The number of imide groups is 1. The number of benzene rings is 4. The number of aryl methyl sites for hydroxylation is 3. The molecule has 0 fully saturated rings. The fourth-order valence-electron chi connectivity index (χ4n) is 7.81. The number of carbonyl (C=O) groups is 2. The average Bonchev–Trinajstić information content (AvgIpc) is 3.73. The van der Waals surface area contributed by atoms with Gasteiger partial charge in [0.2, 0.25) is 0 Å². The lowest BCUT2D eigenvalue weighted by atomic mass is 9.97. The van der Waals surface area contributed by atoms with Crippen molar-refractivity contribution in [1.29, 1.82) is 0 Å². The number of hydrogen-bond acceptors (Lipinski definition) is 9. The molecule has 4 aromatic carbocycles. The number of rotatable bonds is 15. The molecule has 6 rings (SSSR count). The van der Waals surface area contributed by atoms with E-state index in [0.717, 1.165) is 41.5 Å². The first-order valence-corrected chi connectivity index (χ1v) is 22.6. The van der Waals surface area contributed by atoms with Crippen molar-refractivity contribution in [2.45, 2.75) is 98.9 Å². The fourth-order valence-corrected chi connectivity index (χ4v) is 9.03. The SMILES string of the molecule is CCOP(=O)(OCC)Oc1ccc(COC(=O)NC(=O)Nc2cc(F)c(-c3c4c(nn3-c3c(CC)cccc3CC)C(C)(C)N(Cc3ccc(C(F)(F)F)cc3C)C4)cc2F)cc1C(F)(F)F. The number of carbonyl (C=O) groups excluding carboxylic acids is 2. The minimum Gasteiger partial charge on any atom is -0.444 e. The normalized spacial score (nSPS) is 14.0. The number of para-hydroxylation sites is 1. The third kappa shape index (κ3) is 11.0. The Morgan fingerprint density at radius 1 is 0.836 bits per heavy atom. The van der Waals surface area contributed by atoms with Crippen LogP contribution in [0.1, 0.15) is 91.7 Å². The summed E-state index contributed by atoms with van der Waals surface area (Å²) >= 11 is 0. The Balaban J connectivity index is 1.25. The van der Waals surface area contributed by atoms with Gasteiger partial charge in [0, 0.05) is 30.3 Å². The first-order chi connectivity index (χ1) is 31.4. The minimum atomic E-state index is -5.03. The van der Waals surface area contributed by atoms with Gasteiger partial charge in [0.15, 0.2) is 0 Å². The lowest BCUT2D eigenvalue weighted by Crippen LogP contribution is -2.36. The number of urea groups is 1. The predicted octanol–water partition coefficient (Wildman–Crippen LogP) is 12.6. The summed E-state index contributed by atoms with van der Waals surface area (Å²) in [6.07, 6.45) is -9.88. The van der Waals surface area contributed by atoms with Crippen LogP contribution >= 0.6 is 7.82 Å². The molecule has 0 saturated carbocycles. The number of alkyl halides is 6. The highest BCUT2D eigenvalue weighted by Gasteiger charge is 2.44. The van der Waals surface area contributed by atoms with Crippen LogP contribution in [0.25, 0.3) is 16.9 Å². The molecule has 0 bridgehead atoms. The summed E-state index contributed by atoms with van der Waals surface area (Å²) in [4.78, 5) is 27.4. The minimum absolute atomic E-state index is 0.152. The summed E-state index contributed by atoms with van der Waals surface area (Å²) in [5, 5.41) is 8.85. The van der Waals surface area contributed by atoms with Gasteiger partial charge in [-0.2, -0.15) is 31.4 Å². The number of anilines is 1. The Bertz CT molecular complexity index is 2690. The first kappa shape index (κ1) is 50.6. The molecule has 1 aliphatic heterocycles. The van der Waals surface area contributed by atoms with E-state index in [2.05, 4.69) is 5.32 Å². The van der Waals surface area contributed by atoms with Crippen molar-refractivity contribution in [2.75, 3.05) is 18.5 Å². The second-order valence-electron chi connectivity index (χ2n) is 15.9. The van der Waals surface area contributed by atoms with Crippen LogP contribution in [0.4, 0.5) is 50.4 Å². The molecule has 0 unspecified atom stereocenters. The van der Waals surface area contributed by atoms with Crippen LogP contribution in [0.15, 0.2) is 66.7 Å². The molecule has 2 heterocycles. The molecule has 0 atom stereocenters. The van der Waals surface area contributed by atoms with Crippen molar-refractivity contribution >= 4 is 25.6 Å². The summed E-state index contributed by atoms with van der Waals surface area (Å²) in [6.45, 7) is 11.3. The molecule has 3 amide bonds.